The number of carbonyl (C=O) groups excluding carboxylic acids is 2. The number of nitrogens with one attached hydrogen (secondary N) is 2. The molecule has 0 saturated carbocycles. The number of hydrogen-bond donors (Lipinski definition) is 2. The highest BCUT2D eigenvalue weighted by Gasteiger charge is 2.32. The van der Waals surface area contributed by atoms with E-state index in [-0.39, 0.29) is 31.3 Å². The monoisotopic (exact) mass is 446 g/mol. The van der Waals surface area contributed by atoms with E-state index in [1.807, 2.05) is 11.8 Å². The first-order valence-electron chi connectivity index (χ1n) is 9.85. The zero-order valence-corrected chi connectivity index (χ0v) is 18.0. The fraction of sp³-hybridized carbons (Fsp3) is 0.400. The predicted molar refractivity (Wildman–Crippen MR) is 112 cm³/mol. The van der Waals surface area contributed by atoms with Gasteiger partial charge in [0.25, 0.3) is 0 Å². The molecule has 0 bridgehead atoms. The van der Waals surface area contributed by atoms with Crippen LogP contribution in [0.25, 0.3) is 4.96 Å². The highest BCUT2D eigenvalue weighted by molar-refractivity contribution is 7.16. The van der Waals surface area contributed by atoms with Crippen LogP contribution in [0.3, 0.4) is 0 Å². The Labute approximate surface area is 182 Å². The maximum atomic E-state index is 14.4. The SMILES string of the molecule is COc1ccc(CN2CCNC(=O)[C@H]2CC(=O)NCc2cn3nc(C)sc3n2)c(F)c1. The molecule has 0 spiro atoms. The molecule has 9 nitrogen and oxygen atoms in total. The Morgan fingerprint density at radius 1 is 1.45 bits per heavy atom. The van der Waals surface area contributed by atoms with Gasteiger partial charge in [0.15, 0.2) is 0 Å². The molecule has 1 saturated heterocycles. The summed E-state index contributed by atoms with van der Waals surface area (Å²) in [6.07, 6.45) is 1.74. The summed E-state index contributed by atoms with van der Waals surface area (Å²) in [6, 6.07) is 3.95. The second kappa shape index (κ2) is 8.98. The number of ether oxygens (including phenoxy) is 1. The van der Waals surface area contributed by atoms with Gasteiger partial charge in [-0.15, -0.1) is 0 Å². The topological polar surface area (TPSA) is 101 Å². The standard InChI is InChI=1S/C20H23FN6O3S/c1-12-25-27-11-14(24-20(27)31-12)9-23-18(28)8-17-19(29)22-5-6-26(17)10-13-3-4-15(30-2)7-16(13)21/h3-4,7,11,17H,5-6,8-10H2,1-2H3,(H,22,29)(H,23,28)/t17-/m1/s1. The van der Waals surface area contributed by atoms with E-state index >= 15 is 0 Å². The van der Waals surface area contributed by atoms with Crippen LogP contribution in [0, 0.1) is 12.7 Å². The van der Waals surface area contributed by atoms with Crippen LogP contribution in [0.1, 0.15) is 22.7 Å². The van der Waals surface area contributed by atoms with E-state index in [4.69, 9.17) is 4.74 Å². The number of imidazole rings is 1. The summed E-state index contributed by atoms with van der Waals surface area (Å²) in [5.41, 5.74) is 1.14. The molecule has 2 amide bonds. The third kappa shape index (κ3) is 4.83. The number of carbonyl (C=O) groups is 2. The van der Waals surface area contributed by atoms with Crippen molar-refractivity contribution in [1.29, 1.82) is 0 Å². The molecular formula is C20H23FN6O3S. The molecule has 1 aromatic carbocycles. The summed E-state index contributed by atoms with van der Waals surface area (Å²) < 4.78 is 21.1. The van der Waals surface area contributed by atoms with E-state index in [2.05, 4.69) is 20.7 Å². The van der Waals surface area contributed by atoms with E-state index in [9.17, 15) is 14.0 Å². The second-order valence-corrected chi connectivity index (χ2v) is 8.46. The van der Waals surface area contributed by atoms with E-state index in [1.165, 1.54) is 24.5 Å². The van der Waals surface area contributed by atoms with Crippen molar-refractivity contribution in [3.63, 3.8) is 0 Å². The fourth-order valence-electron chi connectivity index (χ4n) is 3.54. The summed E-state index contributed by atoms with van der Waals surface area (Å²) in [5, 5.41) is 10.8. The number of rotatable bonds is 7. The number of fused-ring (bicyclic) bond motifs is 1. The van der Waals surface area contributed by atoms with Crippen LogP contribution in [0.2, 0.25) is 0 Å². The van der Waals surface area contributed by atoms with Crippen LogP contribution in [0.4, 0.5) is 4.39 Å². The number of methoxy groups -OCH3 is 1. The molecule has 1 aliphatic rings. The van der Waals surface area contributed by atoms with Crippen LogP contribution in [-0.2, 0) is 22.7 Å². The van der Waals surface area contributed by atoms with Gasteiger partial charge in [-0.25, -0.2) is 13.9 Å². The first-order valence-corrected chi connectivity index (χ1v) is 10.7. The third-order valence-corrected chi connectivity index (χ3v) is 5.95. The highest BCUT2D eigenvalue weighted by Crippen LogP contribution is 2.20. The summed E-state index contributed by atoms with van der Waals surface area (Å²) in [6.45, 7) is 3.35. The number of hydrogen-bond acceptors (Lipinski definition) is 7. The van der Waals surface area contributed by atoms with E-state index in [0.29, 0.717) is 30.1 Å². The molecule has 164 valence electrons. The maximum absolute atomic E-state index is 14.4. The average molecular weight is 447 g/mol. The Bertz CT molecular complexity index is 1080. The quantitative estimate of drug-likeness (QED) is 0.567. The Balaban J connectivity index is 1.38. The molecule has 2 aromatic heterocycles. The molecule has 0 radical (unpaired) electrons. The zero-order valence-electron chi connectivity index (χ0n) is 17.2. The smallest absolute Gasteiger partial charge is 0.237 e. The van der Waals surface area contributed by atoms with Crippen LogP contribution in [0.15, 0.2) is 24.4 Å². The second-order valence-electron chi connectivity index (χ2n) is 7.30. The molecule has 4 rings (SSSR count). The lowest BCUT2D eigenvalue weighted by Crippen LogP contribution is -2.56. The summed E-state index contributed by atoms with van der Waals surface area (Å²) >= 11 is 1.47. The molecule has 2 N–H and O–H groups in total. The van der Waals surface area contributed by atoms with Crippen molar-refractivity contribution >= 4 is 28.1 Å². The van der Waals surface area contributed by atoms with Crippen LogP contribution < -0.4 is 15.4 Å². The summed E-state index contributed by atoms with van der Waals surface area (Å²) in [4.78, 5) is 32.0. The van der Waals surface area contributed by atoms with Crippen molar-refractivity contribution in [1.82, 2.24) is 30.1 Å². The van der Waals surface area contributed by atoms with Gasteiger partial charge in [-0.2, -0.15) is 5.10 Å². The molecule has 1 aliphatic heterocycles. The zero-order chi connectivity index (χ0) is 22.0. The summed E-state index contributed by atoms with van der Waals surface area (Å²) in [7, 11) is 1.47. The molecule has 31 heavy (non-hydrogen) atoms. The summed E-state index contributed by atoms with van der Waals surface area (Å²) in [5.74, 6) is -0.490. The molecule has 1 atom stereocenters. The maximum Gasteiger partial charge on any atom is 0.237 e. The van der Waals surface area contributed by atoms with Crippen molar-refractivity contribution in [2.45, 2.75) is 32.5 Å². The largest absolute Gasteiger partial charge is 0.497 e. The molecule has 3 heterocycles. The Morgan fingerprint density at radius 2 is 2.29 bits per heavy atom. The van der Waals surface area contributed by atoms with Gasteiger partial charge >= 0.3 is 0 Å². The number of nitrogens with zero attached hydrogens (tertiary/aromatic N) is 4. The number of piperazine rings is 1. The van der Waals surface area contributed by atoms with Gasteiger partial charge in [0.2, 0.25) is 16.8 Å². The van der Waals surface area contributed by atoms with Gasteiger partial charge in [-0.1, -0.05) is 17.4 Å². The molecule has 11 heteroatoms. The number of halogens is 1. The number of amides is 2. The van der Waals surface area contributed by atoms with E-state index < -0.39 is 11.9 Å². The minimum absolute atomic E-state index is 0.0246. The fourth-order valence-corrected chi connectivity index (χ4v) is 4.29. The van der Waals surface area contributed by atoms with Crippen molar-refractivity contribution < 1.29 is 18.7 Å². The van der Waals surface area contributed by atoms with Crippen LogP contribution in [-0.4, -0.2) is 57.6 Å². The van der Waals surface area contributed by atoms with Gasteiger partial charge < -0.3 is 15.4 Å². The first-order chi connectivity index (χ1) is 14.9. The minimum Gasteiger partial charge on any atom is -0.497 e. The van der Waals surface area contributed by atoms with Crippen molar-refractivity contribution in [3.05, 3.63) is 46.5 Å². The van der Waals surface area contributed by atoms with E-state index in [0.717, 1.165) is 9.97 Å². The third-order valence-electron chi connectivity index (χ3n) is 5.11. The van der Waals surface area contributed by atoms with Gasteiger partial charge in [0, 0.05) is 31.3 Å². The van der Waals surface area contributed by atoms with E-state index in [1.54, 1.807) is 22.8 Å². The van der Waals surface area contributed by atoms with Crippen LogP contribution in [0.5, 0.6) is 5.75 Å². The van der Waals surface area contributed by atoms with Crippen molar-refractivity contribution in [3.8, 4) is 5.75 Å². The Morgan fingerprint density at radius 3 is 3.03 bits per heavy atom. The predicted octanol–water partition coefficient (Wildman–Crippen LogP) is 1.25. The van der Waals surface area contributed by atoms with Crippen molar-refractivity contribution in [2.75, 3.05) is 20.2 Å². The molecular weight excluding hydrogens is 423 g/mol. The average Bonchev–Trinajstić information content (AvgIpc) is 3.27. The minimum atomic E-state index is -0.676. The molecule has 1 fully saturated rings. The highest BCUT2D eigenvalue weighted by atomic mass is 32.1. The number of benzene rings is 1. The Hall–Kier alpha value is -3.05. The lowest BCUT2D eigenvalue weighted by atomic mass is 10.1. The lowest BCUT2D eigenvalue weighted by molar-refractivity contribution is -0.134. The van der Waals surface area contributed by atoms with Crippen LogP contribution >= 0.6 is 11.3 Å². The molecule has 0 unspecified atom stereocenters. The number of aromatic nitrogens is 3. The van der Waals surface area contributed by atoms with Gasteiger partial charge in [0.05, 0.1) is 38.0 Å². The lowest BCUT2D eigenvalue weighted by Gasteiger charge is -2.34. The van der Waals surface area contributed by atoms with Gasteiger partial charge in [-0.05, 0) is 13.0 Å². The van der Waals surface area contributed by atoms with Crippen molar-refractivity contribution in [2.24, 2.45) is 0 Å². The Kier molecular flexibility index (Phi) is 6.14. The normalized spacial score (nSPS) is 17.0. The molecule has 3 aromatic rings. The number of aryl methyl sites for hydroxylation is 1. The van der Waals surface area contributed by atoms with Gasteiger partial charge in [0.1, 0.15) is 16.6 Å². The molecule has 0 aliphatic carbocycles. The van der Waals surface area contributed by atoms with Gasteiger partial charge in [-0.3, -0.25) is 14.5 Å². The first kappa shape index (κ1) is 21.2.